The molecule has 0 fully saturated rings. The summed E-state index contributed by atoms with van der Waals surface area (Å²) in [6.45, 7) is 4.54. The molecule has 144 valence electrons. The number of hydrogen-bond donors (Lipinski definition) is 1. The monoisotopic (exact) mass is 378 g/mol. The van der Waals surface area contributed by atoms with Gasteiger partial charge in [-0.05, 0) is 12.1 Å². The Morgan fingerprint density at radius 2 is 1.93 bits per heavy atom. The number of nitrogens with zero attached hydrogens (tertiary/aromatic N) is 4. The molecule has 28 heavy (non-hydrogen) atoms. The van der Waals surface area contributed by atoms with Gasteiger partial charge in [-0.2, -0.15) is 4.98 Å². The van der Waals surface area contributed by atoms with Gasteiger partial charge in [0.15, 0.2) is 11.6 Å². The molecular formula is C21H22N4O3. The van der Waals surface area contributed by atoms with Crippen molar-refractivity contribution >= 4 is 0 Å². The third-order valence-corrected chi connectivity index (χ3v) is 4.50. The van der Waals surface area contributed by atoms with Crippen LogP contribution in [-0.2, 0) is 19.6 Å². The van der Waals surface area contributed by atoms with Crippen molar-refractivity contribution in [3.05, 3.63) is 66.3 Å². The fourth-order valence-corrected chi connectivity index (χ4v) is 3.03. The molecule has 3 aromatic heterocycles. The maximum absolute atomic E-state index is 9.36. The van der Waals surface area contributed by atoms with E-state index >= 15 is 0 Å². The van der Waals surface area contributed by atoms with E-state index in [1.807, 2.05) is 54.8 Å². The summed E-state index contributed by atoms with van der Waals surface area (Å²) in [4.78, 5) is 9.06. The molecule has 4 rings (SSSR count). The van der Waals surface area contributed by atoms with Gasteiger partial charge in [-0.3, -0.25) is 0 Å². The molecule has 0 amide bonds. The van der Waals surface area contributed by atoms with E-state index in [9.17, 15) is 5.11 Å². The van der Waals surface area contributed by atoms with Crippen molar-refractivity contribution in [1.29, 1.82) is 0 Å². The quantitative estimate of drug-likeness (QED) is 0.522. The second kappa shape index (κ2) is 7.82. The molecule has 0 atom stereocenters. The van der Waals surface area contributed by atoms with Crippen molar-refractivity contribution in [2.45, 2.75) is 39.3 Å². The number of aromatic nitrogens is 4. The molecule has 0 saturated carbocycles. The van der Waals surface area contributed by atoms with Crippen LogP contribution in [0.1, 0.15) is 37.2 Å². The van der Waals surface area contributed by atoms with Gasteiger partial charge in [-0.25, -0.2) is 4.98 Å². The summed E-state index contributed by atoms with van der Waals surface area (Å²) in [6.07, 6.45) is 2.38. The van der Waals surface area contributed by atoms with Crippen molar-refractivity contribution in [3.8, 4) is 22.7 Å². The Kier molecular flexibility index (Phi) is 5.08. The number of imidazole rings is 1. The molecule has 0 bridgehead atoms. The molecule has 0 aliphatic carbocycles. The van der Waals surface area contributed by atoms with E-state index in [4.69, 9.17) is 8.94 Å². The van der Waals surface area contributed by atoms with E-state index in [0.717, 1.165) is 17.0 Å². The number of benzene rings is 1. The largest absolute Gasteiger partial charge is 0.457 e. The Morgan fingerprint density at radius 3 is 2.61 bits per heavy atom. The number of aryl methyl sites for hydroxylation is 2. The van der Waals surface area contributed by atoms with Crippen LogP contribution in [0.3, 0.4) is 0 Å². The number of rotatable bonds is 7. The topological polar surface area (TPSA) is 90.1 Å². The van der Waals surface area contributed by atoms with E-state index < -0.39 is 0 Å². The second-order valence-corrected chi connectivity index (χ2v) is 6.88. The van der Waals surface area contributed by atoms with E-state index in [0.29, 0.717) is 36.2 Å². The summed E-state index contributed by atoms with van der Waals surface area (Å²) in [7, 11) is 0. The highest BCUT2D eigenvalue weighted by atomic mass is 16.5. The van der Waals surface area contributed by atoms with Crippen LogP contribution in [0.15, 0.2) is 57.7 Å². The molecule has 7 nitrogen and oxygen atoms in total. The van der Waals surface area contributed by atoms with E-state index in [2.05, 4.69) is 15.1 Å². The zero-order chi connectivity index (χ0) is 19.5. The number of aliphatic hydroxyl groups is 1. The van der Waals surface area contributed by atoms with Gasteiger partial charge in [0.1, 0.15) is 18.1 Å². The number of furan rings is 1. The molecule has 7 heteroatoms. The highest BCUT2D eigenvalue weighted by Gasteiger charge is 2.19. The van der Waals surface area contributed by atoms with Gasteiger partial charge < -0.3 is 18.6 Å². The van der Waals surface area contributed by atoms with Gasteiger partial charge in [0.2, 0.25) is 5.89 Å². The predicted molar refractivity (Wildman–Crippen MR) is 103 cm³/mol. The fraction of sp³-hybridized carbons (Fsp3) is 0.286. The van der Waals surface area contributed by atoms with Crippen LogP contribution in [0, 0.1) is 0 Å². The molecule has 0 spiro atoms. The van der Waals surface area contributed by atoms with Gasteiger partial charge in [0, 0.05) is 24.4 Å². The Bertz CT molecular complexity index is 1050. The summed E-state index contributed by atoms with van der Waals surface area (Å²) in [5.74, 6) is 2.71. The molecular weight excluding hydrogens is 356 g/mol. The van der Waals surface area contributed by atoms with Crippen LogP contribution in [0.4, 0.5) is 0 Å². The predicted octanol–water partition coefficient (Wildman–Crippen LogP) is 4.05. The van der Waals surface area contributed by atoms with Crippen LogP contribution in [0.5, 0.6) is 0 Å². The molecule has 0 radical (unpaired) electrons. The lowest BCUT2D eigenvalue weighted by atomic mass is 10.1. The van der Waals surface area contributed by atoms with Crippen molar-refractivity contribution < 1.29 is 14.0 Å². The SMILES string of the molecule is CC(C)c1noc(CCn2cnc(-c3ccccc3)c2-c2ccc(CO)o2)n1. The average Bonchev–Trinajstić information content (AvgIpc) is 3.45. The van der Waals surface area contributed by atoms with Gasteiger partial charge in [-0.1, -0.05) is 49.3 Å². The average molecular weight is 378 g/mol. The standard InChI is InChI=1S/C21H22N4O3/c1-14(2)21-23-18(28-24-21)10-11-25-13-22-19(15-6-4-3-5-7-15)20(25)17-9-8-16(12-26)27-17/h3-9,13-14,26H,10-12H2,1-2H3. The van der Waals surface area contributed by atoms with Crippen LogP contribution >= 0.6 is 0 Å². The molecule has 0 unspecified atom stereocenters. The van der Waals surface area contributed by atoms with Crippen LogP contribution in [0.25, 0.3) is 22.7 Å². The van der Waals surface area contributed by atoms with E-state index in [-0.39, 0.29) is 12.5 Å². The van der Waals surface area contributed by atoms with Crippen molar-refractivity contribution in [2.75, 3.05) is 0 Å². The van der Waals surface area contributed by atoms with E-state index in [1.54, 1.807) is 12.4 Å². The second-order valence-electron chi connectivity index (χ2n) is 6.88. The van der Waals surface area contributed by atoms with Crippen molar-refractivity contribution in [3.63, 3.8) is 0 Å². The van der Waals surface area contributed by atoms with Crippen LogP contribution in [0.2, 0.25) is 0 Å². The molecule has 0 aliphatic rings. The number of hydrogen-bond acceptors (Lipinski definition) is 6. The molecule has 1 aromatic carbocycles. The summed E-state index contributed by atoms with van der Waals surface area (Å²) in [5, 5.41) is 13.4. The fourth-order valence-electron chi connectivity index (χ4n) is 3.03. The van der Waals surface area contributed by atoms with Crippen molar-refractivity contribution in [1.82, 2.24) is 19.7 Å². The van der Waals surface area contributed by atoms with Gasteiger partial charge in [0.05, 0.1) is 12.0 Å². The zero-order valence-electron chi connectivity index (χ0n) is 15.9. The third-order valence-electron chi connectivity index (χ3n) is 4.50. The number of aliphatic hydroxyl groups excluding tert-OH is 1. The highest BCUT2D eigenvalue weighted by molar-refractivity contribution is 5.76. The lowest BCUT2D eigenvalue weighted by Crippen LogP contribution is -2.03. The van der Waals surface area contributed by atoms with Crippen LogP contribution < -0.4 is 0 Å². The Balaban J connectivity index is 1.67. The summed E-state index contributed by atoms with van der Waals surface area (Å²) in [5.41, 5.74) is 2.68. The molecule has 1 N–H and O–H groups in total. The molecule has 3 heterocycles. The zero-order valence-corrected chi connectivity index (χ0v) is 15.9. The summed E-state index contributed by atoms with van der Waals surface area (Å²) >= 11 is 0. The van der Waals surface area contributed by atoms with Gasteiger partial charge in [-0.15, -0.1) is 0 Å². The van der Waals surface area contributed by atoms with Gasteiger partial charge >= 0.3 is 0 Å². The minimum absolute atomic E-state index is 0.144. The first-order chi connectivity index (χ1) is 13.7. The Labute approximate surface area is 162 Å². The maximum atomic E-state index is 9.36. The Morgan fingerprint density at radius 1 is 1.11 bits per heavy atom. The minimum atomic E-state index is -0.144. The lowest BCUT2D eigenvalue weighted by molar-refractivity contribution is 0.248. The third kappa shape index (κ3) is 3.61. The Hall–Kier alpha value is -3.19. The molecule has 4 aromatic rings. The smallest absolute Gasteiger partial charge is 0.228 e. The molecule has 0 saturated heterocycles. The lowest BCUT2D eigenvalue weighted by Gasteiger charge is -2.07. The maximum Gasteiger partial charge on any atom is 0.228 e. The van der Waals surface area contributed by atoms with Crippen molar-refractivity contribution in [2.24, 2.45) is 0 Å². The summed E-state index contributed by atoms with van der Waals surface area (Å²) < 4.78 is 13.2. The normalized spacial score (nSPS) is 11.4. The summed E-state index contributed by atoms with van der Waals surface area (Å²) in [6, 6.07) is 13.6. The first-order valence-corrected chi connectivity index (χ1v) is 9.28. The van der Waals surface area contributed by atoms with Crippen LogP contribution in [-0.4, -0.2) is 24.8 Å². The first-order valence-electron chi connectivity index (χ1n) is 9.28. The van der Waals surface area contributed by atoms with E-state index in [1.165, 1.54) is 0 Å². The minimum Gasteiger partial charge on any atom is -0.457 e. The first kappa shape index (κ1) is 18.2. The molecule has 0 aliphatic heterocycles. The highest BCUT2D eigenvalue weighted by Crippen LogP contribution is 2.32. The van der Waals surface area contributed by atoms with Gasteiger partial charge in [0.25, 0.3) is 0 Å².